The molecule has 0 unspecified atom stereocenters. The number of aromatic nitrogens is 1. The third-order valence-corrected chi connectivity index (χ3v) is 4.79. The molecular formula is C19H22N4O3. The van der Waals surface area contributed by atoms with E-state index in [1.165, 1.54) is 0 Å². The van der Waals surface area contributed by atoms with Gasteiger partial charge in [-0.1, -0.05) is 18.2 Å². The van der Waals surface area contributed by atoms with Gasteiger partial charge in [0.2, 0.25) is 5.82 Å². The van der Waals surface area contributed by atoms with Crippen LogP contribution in [0.1, 0.15) is 28.8 Å². The second-order valence-corrected chi connectivity index (χ2v) is 6.56. The molecule has 1 aromatic heterocycles. The molecule has 7 nitrogen and oxygen atoms in total. The van der Waals surface area contributed by atoms with Crippen molar-refractivity contribution < 1.29 is 9.72 Å². The van der Waals surface area contributed by atoms with Gasteiger partial charge < -0.3 is 10.2 Å². The highest BCUT2D eigenvalue weighted by Gasteiger charge is 2.25. The number of rotatable bonds is 5. The maximum Gasteiger partial charge on any atom is 0.314 e. The Morgan fingerprint density at radius 3 is 2.62 bits per heavy atom. The third-order valence-electron chi connectivity index (χ3n) is 4.79. The molecule has 7 heteroatoms. The summed E-state index contributed by atoms with van der Waals surface area (Å²) in [5, 5.41) is 14.4. The molecule has 1 aliphatic heterocycles. The van der Waals surface area contributed by atoms with Crippen molar-refractivity contribution >= 4 is 17.4 Å². The lowest BCUT2D eigenvalue weighted by Crippen LogP contribution is -2.39. The van der Waals surface area contributed by atoms with Crippen molar-refractivity contribution in [3.8, 4) is 0 Å². The summed E-state index contributed by atoms with van der Waals surface area (Å²) in [6, 6.07) is 10.9. The quantitative estimate of drug-likeness (QED) is 0.658. The Balaban J connectivity index is 1.55. The van der Waals surface area contributed by atoms with Gasteiger partial charge in [0, 0.05) is 37.0 Å². The summed E-state index contributed by atoms with van der Waals surface area (Å²) < 4.78 is 0. The molecule has 3 rings (SSSR count). The lowest BCUT2D eigenvalue weighted by atomic mass is 9.96. The highest BCUT2D eigenvalue weighted by molar-refractivity contribution is 5.94. The first kappa shape index (κ1) is 17.8. The van der Waals surface area contributed by atoms with E-state index in [2.05, 4.69) is 10.3 Å². The van der Waals surface area contributed by atoms with Gasteiger partial charge in [0.25, 0.3) is 5.91 Å². The summed E-state index contributed by atoms with van der Waals surface area (Å²) >= 11 is 0. The Bertz CT molecular complexity index is 787. The minimum absolute atomic E-state index is 0.0317. The van der Waals surface area contributed by atoms with Crippen LogP contribution in [0.4, 0.5) is 11.5 Å². The highest BCUT2D eigenvalue weighted by atomic mass is 16.6. The van der Waals surface area contributed by atoms with E-state index in [4.69, 9.17) is 0 Å². The Kier molecular flexibility index (Phi) is 5.46. The zero-order chi connectivity index (χ0) is 18.5. The minimum Gasteiger partial charge on any atom is -0.364 e. The summed E-state index contributed by atoms with van der Waals surface area (Å²) in [5.41, 5.74) is 1.34. The van der Waals surface area contributed by atoms with Crippen LogP contribution in [0.25, 0.3) is 0 Å². The molecular weight excluding hydrogens is 332 g/mol. The number of pyridine rings is 1. The van der Waals surface area contributed by atoms with Crippen molar-refractivity contribution in [2.75, 3.05) is 25.0 Å². The van der Waals surface area contributed by atoms with Gasteiger partial charge in [0.15, 0.2) is 0 Å². The second-order valence-electron chi connectivity index (χ2n) is 6.56. The van der Waals surface area contributed by atoms with Crippen LogP contribution >= 0.6 is 0 Å². The van der Waals surface area contributed by atoms with Crippen molar-refractivity contribution in [1.29, 1.82) is 0 Å². The largest absolute Gasteiger partial charge is 0.364 e. The average molecular weight is 354 g/mol. The molecule has 26 heavy (non-hydrogen) atoms. The SMILES string of the molecule is Cc1ccnc(NCC2CCN(C(=O)c3ccccc3)CC2)c1[N+](=O)[O-]. The smallest absolute Gasteiger partial charge is 0.314 e. The topological polar surface area (TPSA) is 88.4 Å². The number of carbonyl (C=O) groups excluding carboxylic acids is 1. The van der Waals surface area contributed by atoms with Crippen LogP contribution in [0.2, 0.25) is 0 Å². The molecule has 1 saturated heterocycles. The van der Waals surface area contributed by atoms with Crippen molar-refractivity contribution in [2.45, 2.75) is 19.8 Å². The molecule has 0 aliphatic carbocycles. The molecule has 2 aromatic rings. The van der Waals surface area contributed by atoms with E-state index in [1.807, 2.05) is 35.2 Å². The molecule has 1 fully saturated rings. The molecule has 1 aromatic carbocycles. The molecule has 1 N–H and O–H groups in total. The Hall–Kier alpha value is -2.96. The van der Waals surface area contributed by atoms with E-state index >= 15 is 0 Å². The van der Waals surface area contributed by atoms with E-state index < -0.39 is 4.92 Å². The highest BCUT2D eigenvalue weighted by Crippen LogP contribution is 2.27. The van der Waals surface area contributed by atoms with Crippen LogP contribution < -0.4 is 5.32 Å². The predicted octanol–water partition coefficient (Wildman–Crippen LogP) is 3.26. The maximum absolute atomic E-state index is 12.5. The van der Waals surface area contributed by atoms with Crippen molar-refractivity contribution in [3.05, 3.63) is 63.8 Å². The zero-order valence-corrected chi connectivity index (χ0v) is 14.7. The summed E-state index contributed by atoms with van der Waals surface area (Å²) in [6.45, 7) is 3.72. The lowest BCUT2D eigenvalue weighted by Gasteiger charge is -2.32. The fraction of sp³-hybridized carbons (Fsp3) is 0.368. The summed E-state index contributed by atoms with van der Waals surface area (Å²) in [6.07, 6.45) is 3.31. The van der Waals surface area contributed by atoms with Crippen molar-refractivity contribution in [1.82, 2.24) is 9.88 Å². The van der Waals surface area contributed by atoms with Gasteiger partial charge >= 0.3 is 5.69 Å². The molecule has 1 aliphatic rings. The molecule has 0 radical (unpaired) electrons. The number of likely N-dealkylation sites (tertiary alicyclic amines) is 1. The molecule has 0 atom stereocenters. The van der Waals surface area contributed by atoms with Gasteiger partial charge in [0.1, 0.15) is 0 Å². The maximum atomic E-state index is 12.5. The second kappa shape index (κ2) is 7.95. The fourth-order valence-electron chi connectivity index (χ4n) is 3.25. The normalized spacial score (nSPS) is 14.9. The van der Waals surface area contributed by atoms with Gasteiger partial charge in [-0.05, 0) is 43.9 Å². The monoisotopic (exact) mass is 354 g/mol. The van der Waals surface area contributed by atoms with E-state index in [0.717, 1.165) is 12.8 Å². The predicted molar refractivity (Wildman–Crippen MR) is 99.2 cm³/mol. The van der Waals surface area contributed by atoms with Crippen LogP contribution in [0.15, 0.2) is 42.6 Å². The molecule has 136 valence electrons. The van der Waals surface area contributed by atoms with Crippen LogP contribution in [0.3, 0.4) is 0 Å². The summed E-state index contributed by atoms with van der Waals surface area (Å²) in [7, 11) is 0. The molecule has 1 amide bonds. The summed E-state index contributed by atoms with van der Waals surface area (Å²) in [4.78, 5) is 29.3. The van der Waals surface area contributed by atoms with E-state index in [-0.39, 0.29) is 11.6 Å². The number of nitro groups is 1. The number of piperidine rings is 1. The number of hydrogen-bond donors (Lipinski definition) is 1. The average Bonchev–Trinajstić information content (AvgIpc) is 2.66. The standard InChI is InChI=1S/C19H22N4O3/c1-14-7-10-20-18(17(14)23(25)26)21-13-15-8-11-22(12-9-15)19(24)16-5-3-2-4-6-16/h2-7,10,15H,8-9,11-13H2,1H3,(H,20,21). The number of carbonyl (C=O) groups is 1. The first-order valence-electron chi connectivity index (χ1n) is 8.74. The lowest BCUT2D eigenvalue weighted by molar-refractivity contribution is -0.384. The Labute approximate surface area is 152 Å². The number of nitrogens with one attached hydrogen (secondary N) is 1. The fourth-order valence-corrected chi connectivity index (χ4v) is 3.25. The Morgan fingerprint density at radius 2 is 1.96 bits per heavy atom. The molecule has 0 spiro atoms. The Morgan fingerprint density at radius 1 is 1.27 bits per heavy atom. The third kappa shape index (κ3) is 3.99. The number of aryl methyl sites for hydroxylation is 1. The molecule has 0 saturated carbocycles. The van der Waals surface area contributed by atoms with Gasteiger partial charge in [-0.3, -0.25) is 14.9 Å². The van der Waals surface area contributed by atoms with Crippen molar-refractivity contribution in [2.24, 2.45) is 5.92 Å². The van der Waals surface area contributed by atoms with Crippen LogP contribution in [0, 0.1) is 23.0 Å². The summed E-state index contributed by atoms with van der Waals surface area (Å²) in [5.74, 6) is 0.738. The van der Waals surface area contributed by atoms with Crippen LogP contribution in [0.5, 0.6) is 0 Å². The number of benzene rings is 1. The van der Waals surface area contributed by atoms with Gasteiger partial charge in [-0.15, -0.1) is 0 Å². The van der Waals surface area contributed by atoms with Crippen LogP contribution in [-0.2, 0) is 0 Å². The van der Waals surface area contributed by atoms with Crippen LogP contribution in [-0.4, -0.2) is 40.3 Å². The van der Waals surface area contributed by atoms with E-state index in [0.29, 0.717) is 42.5 Å². The van der Waals surface area contributed by atoms with E-state index in [9.17, 15) is 14.9 Å². The van der Waals surface area contributed by atoms with Gasteiger partial charge in [-0.25, -0.2) is 4.98 Å². The van der Waals surface area contributed by atoms with E-state index in [1.54, 1.807) is 19.2 Å². The zero-order valence-electron chi connectivity index (χ0n) is 14.7. The number of amides is 1. The number of anilines is 1. The molecule has 2 heterocycles. The van der Waals surface area contributed by atoms with Gasteiger partial charge in [0.05, 0.1) is 4.92 Å². The number of nitrogens with zero attached hydrogens (tertiary/aromatic N) is 3. The van der Waals surface area contributed by atoms with Gasteiger partial charge in [-0.2, -0.15) is 0 Å². The van der Waals surface area contributed by atoms with Crippen molar-refractivity contribution in [3.63, 3.8) is 0 Å². The number of hydrogen-bond acceptors (Lipinski definition) is 5. The molecule has 0 bridgehead atoms. The first-order chi connectivity index (χ1) is 12.6. The first-order valence-corrected chi connectivity index (χ1v) is 8.74. The minimum atomic E-state index is -0.397.